The van der Waals surface area contributed by atoms with E-state index in [0.717, 1.165) is 16.7 Å². The molecule has 0 unspecified atom stereocenters. The molecule has 0 aliphatic carbocycles. The summed E-state index contributed by atoms with van der Waals surface area (Å²) in [7, 11) is 1.19. The smallest absolute Gasteiger partial charge is 0.325 e. The molecule has 0 aromatic carbocycles. The van der Waals surface area contributed by atoms with E-state index in [2.05, 4.69) is 10.1 Å². The topological polar surface area (TPSA) is 99.5 Å². The summed E-state index contributed by atoms with van der Waals surface area (Å²) < 4.78 is 4.40. The maximum Gasteiger partial charge on any atom is 0.325 e. The number of hydrogen-bond donors (Lipinski definition) is 1. The highest BCUT2D eigenvalue weighted by Crippen LogP contribution is 2.13. The van der Waals surface area contributed by atoms with Gasteiger partial charge in [0.1, 0.15) is 18.0 Å². The van der Waals surface area contributed by atoms with Gasteiger partial charge in [-0.1, -0.05) is 0 Å². The van der Waals surface area contributed by atoms with Crippen LogP contribution in [0, 0.1) is 10.7 Å². The van der Waals surface area contributed by atoms with Gasteiger partial charge < -0.3 is 10.1 Å². The number of urea groups is 1. The van der Waals surface area contributed by atoms with Crippen molar-refractivity contribution in [1.82, 2.24) is 10.2 Å². The number of esters is 1. The summed E-state index contributed by atoms with van der Waals surface area (Å²) in [5, 5.41) is 12.8. The van der Waals surface area contributed by atoms with E-state index in [1.807, 2.05) is 5.40 Å². The monoisotopic (exact) mass is 271 g/mol. The van der Waals surface area contributed by atoms with Gasteiger partial charge in [-0.3, -0.25) is 14.5 Å². The Morgan fingerprint density at radius 2 is 2.33 bits per heavy atom. The third-order valence-electron chi connectivity index (χ3n) is 2.43. The third-order valence-corrected chi connectivity index (χ3v) is 3.05. The fraction of sp³-hybridized carbons (Fsp3) is 0.600. The van der Waals surface area contributed by atoms with E-state index < -0.39 is 23.9 Å². The second-order valence-corrected chi connectivity index (χ2v) is 4.46. The number of ether oxygens (including phenoxy) is 1. The molecule has 0 aromatic rings. The fourth-order valence-electron chi connectivity index (χ4n) is 1.52. The zero-order chi connectivity index (χ0) is 13.5. The minimum atomic E-state index is -0.640. The quantitative estimate of drug-likeness (QED) is 0.318. The van der Waals surface area contributed by atoms with E-state index >= 15 is 0 Å². The number of nitrogens with zero attached hydrogens (tertiary/aromatic N) is 2. The first-order chi connectivity index (χ1) is 8.60. The summed E-state index contributed by atoms with van der Waals surface area (Å²) in [5.41, 5.74) is 0. The second kappa shape index (κ2) is 6.86. The molecule has 0 bridgehead atoms. The number of nitrogens with one attached hydrogen (secondary N) is 1. The van der Waals surface area contributed by atoms with Crippen molar-refractivity contribution in [1.29, 1.82) is 5.26 Å². The molecule has 1 rings (SSSR count). The van der Waals surface area contributed by atoms with Crippen LogP contribution in [0.3, 0.4) is 0 Å². The van der Waals surface area contributed by atoms with E-state index in [1.165, 1.54) is 7.11 Å². The first-order valence-corrected chi connectivity index (χ1v) is 6.28. The number of methoxy groups -OCH3 is 1. The Balaban J connectivity index is 2.46. The van der Waals surface area contributed by atoms with Gasteiger partial charge in [0, 0.05) is 5.75 Å². The van der Waals surface area contributed by atoms with Crippen LogP contribution in [0.2, 0.25) is 0 Å². The molecule has 1 heterocycles. The fourth-order valence-corrected chi connectivity index (χ4v) is 1.92. The average Bonchev–Trinajstić information content (AvgIpc) is 2.62. The molecule has 1 N–H and O–H groups in total. The van der Waals surface area contributed by atoms with Gasteiger partial charge in [-0.05, 0) is 24.6 Å². The first kappa shape index (κ1) is 14.3. The van der Waals surface area contributed by atoms with Crippen LogP contribution in [0.4, 0.5) is 4.79 Å². The molecule has 1 aliphatic heterocycles. The largest absolute Gasteiger partial charge is 0.468 e. The molecule has 0 saturated carbocycles. The number of hydrogen-bond acceptors (Lipinski definition) is 6. The summed E-state index contributed by atoms with van der Waals surface area (Å²) in [4.78, 5) is 35.1. The molecule has 98 valence electrons. The zero-order valence-electron chi connectivity index (χ0n) is 9.84. The van der Waals surface area contributed by atoms with Gasteiger partial charge in [-0.25, -0.2) is 4.79 Å². The molecule has 0 spiro atoms. The van der Waals surface area contributed by atoms with Crippen LogP contribution in [0.25, 0.3) is 0 Å². The number of carbonyl (C=O) groups excluding carboxylic acids is 3. The van der Waals surface area contributed by atoms with Crippen LogP contribution in [0.15, 0.2) is 0 Å². The summed E-state index contributed by atoms with van der Waals surface area (Å²) in [6, 6.07) is -1.19. The van der Waals surface area contributed by atoms with E-state index in [0.29, 0.717) is 18.6 Å². The maximum atomic E-state index is 11.8. The molecule has 18 heavy (non-hydrogen) atoms. The molecule has 1 fully saturated rings. The Morgan fingerprint density at radius 1 is 1.61 bits per heavy atom. The van der Waals surface area contributed by atoms with Gasteiger partial charge in [-0.2, -0.15) is 5.26 Å². The number of amides is 3. The Kier molecular flexibility index (Phi) is 5.45. The van der Waals surface area contributed by atoms with Crippen LogP contribution in [0.1, 0.15) is 12.8 Å². The predicted molar refractivity (Wildman–Crippen MR) is 63.4 cm³/mol. The maximum absolute atomic E-state index is 11.8. The van der Waals surface area contributed by atoms with Gasteiger partial charge in [-0.15, -0.1) is 0 Å². The Bertz CT molecular complexity index is 393. The van der Waals surface area contributed by atoms with Gasteiger partial charge in [0.05, 0.1) is 7.11 Å². The number of nitriles is 1. The van der Waals surface area contributed by atoms with Crippen LogP contribution >= 0.6 is 11.8 Å². The second-order valence-electron chi connectivity index (χ2n) is 3.58. The summed E-state index contributed by atoms with van der Waals surface area (Å²) in [6.07, 6.45) is 1.10. The van der Waals surface area contributed by atoms with E-state index in [9.17, 15) is 14.4 Å². The van der Waals surface area contributed by atoms with Crippen LogP contribution in [-0.4, -0.2) is 48.3 Å². The van der Waals surface area contributed by atoms with Crippen molar-refractivity contribution in [2.45, 2.75) is 18.9 Å². The lowest BCUT2D eigenvalue weighted by molar-refractivity contribution is -0.144. The van der Waals surface area contributed by atoms with Crippen molar-refractivity contribution in [2.24, 2.45) is 0 Å². The molecule has 1 aliphatic rings. The molecule has 0 aromatic heterocycles. The molecular formula is C10H13N3O4S. The van der Waals surface area contributed by atoms with Crippen LogP contribution < -0.4 is 5.32 Å². The summed E-state index contributed by atoms with van der Waals surface area (Å²) in [6.45, 7) is -0.370. The molecule has 7 nitrogen and oxygen atoms in total. The summed E-state index contributed by atoms with van der Waals surface area (Å²) in [5.74, 6) is -0.459. The van der Waals surface area contributed by atoms with Crippen molar-refractivity contribution in [2.75, 3.05) is 19.4 Å². The highest BCUT2D eigenvalue weighted by molar-refractivity contribution is 8.03. The molecule has 0 radical (unpaired) electrons. The van der Waals surface area contributed by atoms with Gasteiger partial charge in [0.2, 0.25) is 0 Å². The molecule has 3 amide bonds. The molecule has 1 atom stereocenters. The predicted octanol–water partition coefficient (Wildman–Crippen LogP) is 0.0743. The normalized spacial score (nSPS) is 18.4. The van der Waals surface area contributed by atoms with Crippen molar-refractivity contribution >= 4 is 29.7 Å². The van der Waals surface area contributed by atoms with Crippen LogP contribution in [-0.2, 0) is 14.3 Å². The average molecular weight is 271 g/mol. The highest BCUT2D eigenvalue weighted by Gasteiger charge is 2.38. The van der Waals surface area contributed by atoms with Crippen molar-refractivity contribution in [3.05, 3.63) is 0 Å². The molecule has 1 saturated heterocycles. The lowest BCUT2D eigenvalue weighted by Crippen LogP contribution is -2.36. The van der Waals surface area contributed by atoms with E-state index in [1.54, 1.807) is 0 Å². The lowest BCUT2D eigenvalue weighted by Gasteiger charge is -2.10. The lowest BCUT2D eigenvalue weighted by atomic mass is 10.2. The van der Waals surface area contributed by atoms with Gasteiger partial charge in [0.25, 0.3) is 5.91 Å². The minimum absolute atomic E-state index is 0.370. The van der Waals surface area contributed by atoms with Gasteiger partial charge in [0.15, 0.2) is 0 Å². The SMILES string of the molecule is COC(=O)CN1C(=O)N[C@@H](CCCSC#N)C1=O. The van der Waals surface area contributed by atoms with E-state index in [-0.39, 0.29) is 6.54 Å². The van der Waals surface area contributed by atoms with Crippen molar-refractivity contribution < 1.29 is 19.1 Å². The number of imide groups is 1. The number of rotatable bonds is 6. The van der Waals surface area contributed by atoms with Crippen molar-refractivity contribution in [3.8, 4) is 5.40 Å². The van der Waals surface area contributed by atoms with Gasteiger partial charge >= 0.3 is 12.0 Å². The number of carbonyl (C=O) groups is 3. The van der Waals surface area contributed by atoms with Crippen LogP contribution in [0.5, 0.6) is 0 Å². The minimum Gasteiger partial charge on any atom is -0.468 e. The van der Waals surface area contributed by atoms with Crippen molar-refractivity contribution in [3.63, 3.8) is 0 Å². The third kappa shape index (κ3) is 3.63. The molecular weight excluding hydrogens is 258 g/mol. The number of thioether (sulfide) groups is 1. The zero-order valence-corrected chi connectivity index (χ0v) is 10.7. The first-order valence-electron chi connectivity index (χ1n) is 5.29. The summed E-state index contributed by atoms with van der Waals surface area (Å²) >= 11 is 1.10. The number of thiocyanates is 1. The Morgan fingerprint density at radius 3 is 2.94 bits per heavy atom. The highest BCUT2D eigenvalue weighted by atomic mass is 32.2. The Labute approximate surface area is 108 Å². The molecule has 8 heteroatoms. The standard InChI is InChI=1S/C10H13N3O4S/c1-17-8(14)5-13-9(15)7(12-10(13)16)3-2-4-18-6-11/h7H,2-5H2,1H3,(H,12,16)/t7-/m0/s1. The Hall–Kier alpha value is -1.75. The van der Waals surface area contributed by atoms with E-state index in [4.69, 9.17) is 5.26 Å².